The summed E-state index contributed by atoms with van der Waals surface area (Å²) in [6.07, 6.45) is 1.61. The van der Waals surface area contributed by atoms with Crippen molar-refractivity contribution in [2.75, 3.05) is 22.1 Å². The van der Waals surface area contributed by atoms with Crippen LogP contribution in [-0.4, -0.2) is 23.1 Å². The predicted molar refractivity (Wildman–Crippen MR) is 266 cm³/mol. The molecule has 0 saturated heterocycles. The maximum absolute atomic E-state index is 15.0. The summed E-state index contributed by atoms with van der Waals surface area (Å²) < 4.78 is 30.0. The van der Waals surface area contributed by atoms with E-state index in [9.17, 15) is 28.0 Å². The fourth-order valence-corrected chi connectivity index (χ4v) is 11.1. The number of Topliss-reactive ketones (excluding diaryl/α,β-unsaturated/α-hetero) is 2. The van der Waals surface area contributed by atoms with Crippen molar-refractivity contribution >= 4 is 114 Å². The molecule has 8 nitrogen and oxygen atoms in total. The summed E-state index contributed by atoms with van der Waals surface area (Å²) in [4.78, 5) is 53.3. The van der Waals surface area contributed by atoms with Crippen LogP contribution in [0.1, 0.15) is 118 Å². The number of halogens is 6. The molecule has 340 valence electrons. The van der Waals surface area contributed by atoms with Crippen LogP contribution in [0.25, 0.3) is 0 Å². The van der Waals surface area contributed by atoms with Gasteiger partial charge in [0.05, 0.1) is 41.5 Å². The highest BCUT2D eigenvalue weighted by Gasteiger charge is 2.40. The van der Waals surface area contributed by atoms with Gasteiger partial charge in [0, 0.05) is 80.6 Å². The van der Waals surface area contributed by atoms with Crippen molar-refractivity contribution in [1.29, 1.82) is 0 Å². The fourth-order valence-electron chi connectivity index (χ4n) is 8.23. The van der Waals surface area contributed by atoms with E-state index in [2.05, 4.69) is 10.6 Å². The number of allylic oxidation sites excluding steroid dienone is 4. The lowest BCUT2D eigenvalue weighted by Crippen LogP contribution is -2.24. The maximum Gasteiger partial charge on any atom is 0.205 e. The van der Waals surface area contributed by atoms with Crippen LogP contribution in [-0.2, 0) is 9.59 Å². The topological polar surface area (TPSA) is 144 Å². The zero-order chi connectivity index (χ0) is 47.7. The lowest BCUT2D eigenvalue weighted by atomic mass is 9.78. The number of carbonyl (C=O) groups excluding carboxylic acids is 4. The third-order valence-corrected chi connectivity index (χ3v) is 15.2. The largest absolute Gasteiger partial charge is 0.397 e. The molecule has 0 amide bonds. The molecule has 0 bridgehead atoms. The first-order valence-corrected chi connectivity index (χ1v) is 24.1. The third-order valence-electron chi connectivity index (χ3n) is 11.5. The Bertz CT molecular complexity index is 2830. The van der Waals surface area contributed by atoms with Crippen LogP contribution in [0.4, 0.5) is 30.2 Å². The molecule has 2 aliphatic rings. The zero-order valence-corrected chi connectivity index (χ0v) is 40.6. The summed E-state index contributed by atoms with van der Waals surface area (Å²) in [5, 5.41) is 9.06. The third kappa shape index (κ3) is 9.07. The number of hydrogen-bond acceptors (Lipinski definition) is 10. The number of ketones is 4. The number of hydrogen-bond donors (Lipinski definition) is 4. The van der Waals surface area contributed by atoms with Crippen molar-refractivity contribution in [3.05, 3.63) is 182 Å². The molecule has 0 fully saturated rings. The molecule has 6 aromatic rings. The molecule has 66 heavy (non-hydrogen) atoms. The number of nitrogen functional groups attached to an aromatic ring is 2. The normalized spacial score (nSPS) is 15.2. The number of rotatable bonds is 12. The molecule has 2 aliphatic heterocycles. The van der Waals surface area contributed by atoms with E-state index < -0.39 is 23.5 Å². The van der Waals surface area contributed by atoms with Crippen LogP contribution >= 0.6 is 69.1 Å². The first kappa shape index (κ1) is 48.6. The molecule has 0 radical (unpaired) electrons. The van der Waals surface area contributed by atoms with E-state index in [4.69, 9.17) is 57.9 Å². The van der Waals surface area contributed by atoms with Crippen LogP contribution in [0, 0.1) is 11.6 Å². The van der Waals surface area contributed by atoms with Gasteiger partial charge in [-0.3, -0.25) is 19.2 Å². The molecule has 0 aliphatic carbocycles. The van der Waals surface area contributed by atoms with Crippen molar-refractivity contribution in [3.8, 4) is 0 Å². The monoisotopic (exact) mass is 1000 g/mol. The SMILES string of the molecule is CCC(=O)C1=C(CC)Nc2sc(C(=O)c3ccc(Cl)c(Cl)c3)c(N)c2[C@@H]1c1ccccc1F.CCC(=O)C1=C(CC)Nc2sc(C(=O)c3ccc(Cl)c(Cl)c3)c(N)c2[C@H]1c1ccccc1F. The van der Waals surface area contributed by atoms with Crippen molar-refractivity contribution in [1.82, 2.24) is 0 Å². The molecule has 2 atom stereocenters. The van der Waals surface area contributed by atoms with Gasteiger partial charge in [0.1, 0.15) is 21.4 Å². The van der Waals surface area contributed by atoms with Crippen molar-refractivity contribution in [3.63, 3.8) is 0 Å². The van der Waals surface area contributed by atoms with E-state index in [1.54, 1.807) is 74.5 Å². The van der Waals surface area contributed by atoms with Gasteiger partial charge in [-0.15, -0.1) is 22.7 Å². The highest BCUT2D eigenvalue weighted by Crippen LogP contribution is 2.53. The first-order valence-electron chi connectivity index (χ1n) is 20.9. The van der Waals surface area contributed by atoms with Crippen LogP contribution in [0.15, 0.2) is 107 Å². The Labute approximate surface area is 408 Å². The standard InChI is InChI=1S/2C25H21Cl2FN2O2S/c2*1-3-17-20(18(31)4-2)19(13-7-5-6-8-16(13)28)21-22(29)24(33-25(21)30-17)23(32)12-9-10-14(26)15(27)11-12/h2*5-11,19,30H,3-4,29H2,1-2H3/t2*19-/m10/s1. The minimum atomic E-state index is -0.712. The van der Waals surface area contributed by atoms with Crippen molar-refractivity contribution in [2.45, 2.75) is 65.2 Å². The summed E-state index contributed by atoms with van der Waals surface area (Å²) in [5.74, 6) is -3.12. The number of nitrogens with two attached hydrogens (primary N) is 2. The number of nitrogens with one attached hydrogen (secondary N) is 2. The van der Waals surface area contributed by atoms with Gasteiger partial charge >= 0.3 is 0 Å². The second kappa shape index (κ2) is 20.3. The van der Waals surface area contributed by atoms with E-state index in [0.717, 1.165) is 0 Å². The molecule has 6 N–H and O–H groups in total. The van der Waals surface area contributed by atoms with E-state index >= 15 is 0 Å². The quantitative estimate of drug-likeness (QED) is 0.0887. The van der Waals surface area contributed by atoms with Crippen LogP contribution in [0.5, 0.6) is 0 Å². The van der Waals surface area contributed by atoms with Gasteiger partial charge in [-0.25, -0.2) is 8.78 Å². The Morgan fingerprint density at radius 3 is 1.24 bits per heavy atom. The van der Waals surface area contributed by atoms with E-state index in [1.165, 1.54) is 46.9 Å². The number of anilines is 4. The average molecular weight is 1010 g/mol. The lowest BCUT2D eigenvalue weighted by Gasteiger charge is -2.30. The molecule has 8 rings (SSSR count). The van der Waals surface area contributed by atoms with Crippen molar-refractivity contribution < 1.29 is 28.0 Å². The Hall–Kier alpha value is -5.34. The van der Waals surface area contributed by atoms with Gasteiger partial charge in [0.15, 0.2) is 11.6 Å². The van der Waals surface area contributed by atoms with Gasteiger partial charge in [-0.2, -0.15) is 0 Å². The predicted octanol–water partition coefficient (Wildman–Crippen LogP) is 14.4. The first-order chi connectivity index (χ1) is 31.6. The lowest BCUT2D eigenvalue weighted by molar-refractivity contribution is -0.116. The molecule has 0 unspecified atom stereocenters. The van der Waals surface area contributed by atoms with Crippen LogP contribution in [0.3, 0.4) is 0 Å². The zero-order valence-electron chi connectivity index (χ0n) is 35.9. The summed E-state index contributed by atoms with van der Waals surface area (Å²) >= 11 is 26.6. The highest BCUT2D eigenvalue weighted by molar-refractivity contribution is 7.19. The van der Waals surface area contributed by atoms with Gasteiger partial charge in [-0.05, 0) is 61.4 Å². The van der Waals surface area contributed by atoms with Gasteiger partial charge in [0.25, 0.3) is 0 Å². The molecule has 0 saturated carbocycles. The smallest absolute Gasteiger partial charge is 0.205 e. The van der Waals surface area contributed by atoms with Gasteiger partial charge < -0.3 is 22.1 Å². The second-order valence-electron chi connectivity index (χ2n) is 15.3. The molecule has 0 spiro atoms. The minimum absolute atomic E-state index is 0.0961. The summed E-state index contributed by atoms with van der Waals surface area (Å²) in [6, 6.07) is 21.9. The van der Waals surface area contributed by atoms with Gasteiger partial charge in [0.2, 0.25) is 11.6 Å². The molecular formula is C50H42Cl4F2N4O4S2. The molecule has 2 aromatic heterocycles. The number of thiophene rings is 2. The number of carbonyl (C=O) groups is 4. The second-order valence-corrected chi connectivity index (χ2v) is 19.0. The molecule has 16 heteroatoms. The Balaban J connectivity index is 0.000000196. The summed E-state index contributed by atoms with van der Waals surface area (Å²) in [5.41, 5.74) is 18.4. The van der Waals surface area contributed by atoms with E-state index in [0.29, 0.717) is 98.6 Å². The molecular weight excluding hydrogens is 965 g/mol. The van der Waals surface area contributed by atoms with Crippen LogP contribution < -0.4 is 22.1 Å². The fraction of sp³-hybridized carbons (Fsp3) is 0.200. The van der Waals surface area contributed by atoms with Crippen LogP contribution in [0.2, 0.25) is 20.1 Å². The average Bonchev–Trinajstić information content (AvgIpc) is 3.83. The minimum Gasteiger partial charge on any atom is -0.397 e. The molecule has 4 aromatic carbocycles. The Kier molecular flexibility index (Phi) is 14.9. The maximum atomic E-state index is 15.0. The van der Waals surface area contributed by atoms with E-state index in [1.807, 2.05) is 13.8 Å². The van der Waals surface area contributed by atoms with E-state index in [-0.39, 0.29) is 57.4 Å². The Morgan fingerprint density at radius 2 is 0.924 bits per heavy atom. The number of benzene rings is 4. The van der Waals surface area contributed by atoms with Crippen molar-refractivity contribution in [2.24, 2.45) is 0 Å². The Morgan fingerprint density at radius 1 is 0.561 bits per heavy atom. The summed E-state index contributed by atoms with van der Waals surface area (Å²) in [6.45, 7) is 7.39. The molecule has 4 heterocycles. The number of fused-ring (bicyclic) bond motifs is 2. The highest BCUT2D eigenvalue weighted by atomic mass is 35.5. The summed E-state index contributed by atoms with van der Waals surface area (Å²) in [7, 11) is 0. The van der Waals surface area contributed by atoms with Gasteiger partial charge in [-0.1, -0.05) is 110 Å².